The molecule has 0 saturated carbocycles. The van der Waals surface area contributed by atoms with E-state index in [9.17, 15) is 39.9 Å². The monoisotopic (exact) mass is 260 g/mol. The minimum atomic E-state index is -5.31. The Labute approximate surface area is 83.2 Å². The second-order valence-corrected chi connectivity index (χ2v) is 2.56. The average molecular weight is 260 g/mol. The number of halogens is 8. The first kappa shape index (κ1) is 14.9. The van der Waals surface area contributed by atoms with E-state index in [-0.39, 0.29) is 0 Å². The van der Waals surface area contributed by atoms with E-state index in [0.717, 1.165) is 0 Å². The average Bonchev–Trinajstić information content (AvgIpc) is 2.13. The number of hydrogen-bond donors (Lipinski definition) is 0. The van der Waals surface area contributed by atoms with Crippen molar-refractivity contribution in [2.75, 3.05) is 6.61 Å². The molecule has 0 aliphatic heterocycles. The fourth-order valence-corrected chi connectivity index (χ4v) is 0.410. The molecule has 0 radical (unpaired) electrons. The Morgan fingerprint density at radius 2 is 1.44 bits per heavy atom. The molecule has 0 aromatic heterocycles. The first-order chi connectivity index (χ1) is 7.01. The Morgan fingerprint density at radius 3 is 1.75 bits per heavy atom. The Kier molecular flexibility index (Phi) is 4.50. The summed E-state index contributed by atoms with van der Waals surface area (Å²) < 4.78 is 97.0. The van der Waals surface area contributed by atoms with Crippen LogP contribution >= 0.6 is 0 Å². The number of hydrogen-bond acceptors (Lipinski definition) is 2. The van der Waals surface area contributed by atoms with Gasteiger partial charge >= 0.3 is 30.7 Å². The van der Waals surface area contributed by atoms with Gasteiger partial charge in [-0.3, -0.25) is 0 Å². The van der Waals surface area contributed by atoms with Crippen LogP contribution in [0, 0.1) is 0 Å². The summed E-state index contributed by atoms with van der Waals surface area (Å²) in [5.74, 6) is -13.2. The standard InChI is InChI=1S/C6H4F8O2/c7-2(8)5(11,12)1-16-4(15)6(13,14)3(9)10/h2-3H,1H2. The number of esters is 1. The van der Waals surface area contributed by atoms with Crippen LogP contribution in [0.25, 0.3) is 0 Å². The van der Waals surface area contributed by atoms with Crippen LogP contribution in [-0.2, 0) is 9.53 Å². The molecular formula is C6H4F8O2. The number of ether oxygens (including phenoxy) is 1. The zero-order valence-corrected chi connectivity index (χ0v) is 7.20. The van der Waals surface area contributed by atoms with E-state index in [2.05, 4.69) is 4.74 Å². The van der Waals surface area contributed by atoms with Crippen molar-refractivity contribution < 1.29 is 44.7 Å². The van der Waals surface area contributed by atoms with Gasteiger partial charge in [-0.1, -0.05) is 0 Å². The third-order valence-electron chi connectivity index (χ3n) is 1.26. The summed E-state index contributed by atoms with van der Waals surface area (Å²) in [5, 5.41) is 0. The highest BCUT2D eigenvalue weighted by Crippen LogP contribution is 2.27. The summed E-state index contributed by atoms with van der Waals surface area (Å²) in [6, 6.07) is 0. The normalized spacial score (nSPS) is 13.4. The summed E-state index contributed by atoms with van der Waals surface area (Å²) in [6.07, 6.45) is -8.74. The van der Waals surface area contributed by atoms with Crippen molar-refractivity contribution in [2.24, 2.45) is 0 Å². The molecular weight excluding hydrogens is 256 g/mol. The van der Waals surface area contributed by atoms with Gasteiger partial charge in [0.2, 0.25) is 0 Å². The van der Waals surface area contributed by atoms with Gasteiger partial charge in [-0.15, -0.1) is 0 Å². The summed E-state index contributed by atoms with van der Waals surface area (Å²) in [4.78, 5) is 10.1. The Bertz CT molecular complexity index is 251. The highest BCUT2D eigenvalue weighted by molar-refractivity contribution is 5.78. The lowest BCUT2D eigenvalue weighted by Crippen LogP contribution is -2.41. The quantitative estimate of drug-likeness (QED) is 0.560. The van der Waals surface area contributed by atoms with E-state index in [4.69, 9.17) is 0 Å². The third-order valence-corrected chi connectivity index (χ3v) is 1.26. The van der Waals surface area contributed by atoms with Crippen molar-refractivity contribution >= 4 is 5.97 Å². The van der Waals surface area contributed by atoms with Crippen molar-refractivity contribution in [3.63, 3.8) is 0 Å². The molecule has 0 aliphatic rings. The van der Waals surface area contributed by atoms with Crippen LogP contribution in [0.1, 0.15) is 0 Å². The number of rotatable bonds is 5. The molecule has 0 N–H and O–H groups in total. The molecule has 0 aromatic rings. The van der Waals surface area contributed by atoms with Crippen LogP contribution in [0.2, 0.25) is 0 Å². The lowest BCUT2D eigenvalue weighted by molar-refractivity contribution is -0.212. The van der Waals surface area contributed by atoms with Crippen molar-refractivity contribution in [2.45, 2.75) is 24.7 Å². The van der Waals surface area contributed by atoms with Crippen molar-refractivity contribution in [3.05, 3.63) is 0 Å². The molecule has 0 rings (SSSR count). The molecule has 0 aromatic carbocycles. The highest BCUT2D eigenvalue weighted by atomic mass is 19.3. The van der Waals surface area contributed by atoms with E-state index in [1.54, 1.807) is 0 Å². The van der Waals surface area contributed by atoms with E-state index in [0.29, 0.717) is 0 Å². The minimum Gasteiger partial charge on any atom is -0.454 e. The van der Waals surface area contributed by atoms with Gasteiger partial charge in [0.05, 0.1) is 0 Å². The summed E-state index contributed by atoms with van der Waals surface area (Å²) in [7, 11) is 0. The molecule has 0 aliphatic carbocycles. The van der Waals surface area contributed by atoms with Gasteiger partial charge in [-0.05, 0) is 0 Å². The van der Waals surface area contributed by atoms with E-state index >= 15 is 0 Å². The van der Waals surface area contributed by atoms with Crippen LogP contribution in [0.15, 0.2) is 0 Å². The van der Waals surface area contributed by atoms with Gasteiger partial charge in [0.1, 0.15) is 0 Å². The second-order valence-electron chi connectivity index (χ2n) is 2.56. The zero-order valence-electron chi connectivity index (χ0n) is 7.20. The molecule has 10 heteroatoms. The lowest BCUT2D eigenvalue weighted by Gasteiger charge is -2.18. The SMILES string of the molecule is O=C(OCC(F)(F)C(F)F)C(F)(F)C(F)F. The zero-order chi connectivity index (χ0) is 13.1. The second kappa shape index (κ2) is 4.83. The van der Waals surface area contributed by atoms with E-state index in [1.165, 1.54) is 0 Å². The highest BCUT2D eigenvalue weighted by Gasteiger charge is 2.52. The summed E-state index contributed by atoms with van der Waals surface area (Å²) in [5.41, 5.74) is 0. The van der Waals surface area contributed by atoms with Crippen LogP contribution in [0.4, 0.5) is 35.1 Å². The van der Waals surface area contributed by atoms with E-state index < -0.39 is 37.3 Å². The lowest BCUT2D eigenvalue weighted by atomic mass is 10.3. The molecule has 0 bridgehead atoms. The molecule has 16 heavy (non-hydrogen) atoms. The van der Waals surface area contributed by atoms with Crippen LogP contribution in [0.5, 0.6) is 0 Å². The smallest absolute Gasteiger partial charge is 0.401 e. The van der Waals surface area contributed by atoms with Crippen LogP contribution in [-0.4, -0.2) is 37.3 Å². The molecule has 0 unspecified atom stereocenters. The Balaban J connectivity index is 4.39. The van der Waals surface area contributed by atoms with Crippen LogP contribution < -0.4 is 0 Å². The maximum atomic E-state index is 12.1. The molecule has 0 heterocycles. The van der Waals surface area contributed by atoms with Crippen molar-refractivity contribution in [3.8, 4) is 0 Å². The summed E-state index contributed by atoms with van der Waals surface area (Å²) >= 11 is 0. The molecule has 0 amide bonds. The predicted octanol–water partition coefficient (Wildman–Crippen LogP) is 2.33. The molecule has 0 fully saturated rings. The van der Waals surface area contributed by atoms with Gasteiger partial charge in [0.15, 0.2) is 6.61 Å². The summed E-state index contributed by atoms with van der Waals surface area (Å²) in [6.45, 7) is -2.40. The minimum absolute atomic E-state index is 2.40. The van der Waals surface area contributed by atoms with Gasteiger partial charge in [-0.2, -0.15) is 17.6 Å². The number of carbonyl (C=O) groups is 1. The Morgan fingerprint density at radius 1 is 1.00 bits per heavy atom. The fourth-order valence-electron chi connectivity index (χ4n) is 0.410. The van der Waals surface area contributed by atoms with Gasteiger partial charge in [0.25, 0.3) is 0 Å². The fraction of sp³-hybridized carbons (Fsp3) is 0.833. The molecule has 0 atom stereocenters. The largest absolute Gasteiger partial charge is 0.454 e. The van der Waals surface area contributed by atoms with Gasteiger partial charge in [0, 0.05) is 0 Å². The van der Waals surface area contributed by atoms with Crippen LogP contribution in [0.3, 0.4) is 0 Å². The molecule has 2 nitrogen and oxygen atoms in total. The maximum Gasteiger partial charge on any atom is 0.401 e. The van der Waals surface area contributed by atoms with Gasteiger partial charge in [-0.25, -0.2) is 22.4 Å². The predicted molar refractivity (Wildman–Crippen MR) is 32.9 cm³/mol. The molecule has 96 valence electrons. The first-order valence-corrected chi connectivity index (χ1v) is 3.51. The molecule has 0 spiro atoms. The third kappa shape index (κ3) is 3.49. The first-order valence-electron chi connectivity index (χ1n) is 3.51. The number of carbonyl (C=O) groups excluding carboxylic acids is 1. The maximum absolute atomic E-state index is 12.1. The molecule has 0 saturated heterocycles. The number of alkyl halides is 8. The van der Waals surface area contributed by atoms with Crippen molar-refractivity contribution in [1.82, 2.24) is 0 Å². The van der Waals surface area contributed by atoms with Gasteiger partial charge < -0.3 is 4.74 Å². The van der Waals surface area contributed by atoms with E-state index in [1.807, 2.05) is 0 Å². The topological polar surface area (TPSA) is 26.3 Å². The Hall–Kier alpha value is -1.09. The van der Waals surface area contributed by atoms with Crippen molar-refractivity contribution in [1.29, 1.82) is 0 Å².